The average molecular weight is 347 g/mol. The highest BCUT2D eigenvalue weighted by Crippen LogP contribution is 2.14. The van der Waals surface area contributed by atoms with Gasteiger partial charge in [0, 0.05) is 42.8 Å². The first-order chi connectivity index (χ1) is 12.8. The summed E-state index contributed by atoms with van der Waals surface area (Å²) in [4.78, 5) is 16.9. The molecule has 0 aliphatic carbocycles. The molecule has 0 spiro atoms. The lowest BCUT2D eigenvalue weighted by atomic mass is 10.1. The van der Waals surface area contributed by atoms with Gasteiger partial charge >= 0.3 is 0 Å². The molecule has 0 atom stereocenters. The summed E-state index contributed by atoms with van der Waals surface area (Å²) in [5.74, 6) is 0.521. The molecule has 3 aromatic heterocycles. The second kappa shape index (κ2) is 6.75. The van der Waals surface area contributed by atoms with E-state index in [0.717, 1.165) is 17.6 Å². The van der Waals surface area contributed by atoms with Crippen molar-refractivity contribution in [3.8, 4) is 5.82 Å². The van der Waals surface area contributed by atoms with E-state index in [1.54, 1.807) is 33.9 Å². The van der Waals surface area contributed by atoms with Crippen LogP contribution in [0.25, 0.3) is 16.9 Å². The van der Waals surface area contributed by atoms with Gasteiger partial charge in [0.25, 0.3) is 5.91 Å². The monoisotopic (exact) mass is 347 g/mol. The van der Waals surface area contributed by atoms with E-state index in [0.29, 0.717) is 23.4 Å². The van der Waals surface area contributed by atoms with E-state index in [4.69, 9.17) is 0 Å². The molecule has 130 valence electrons. The van der Waals surface area contributed by atoms with Crippen molar-refractivity contribution >= 4 is 16.9 Å². The number of rotatable bonds is 5. The van der Waals surface area contributed by atoms with Crippen LogP contribution in [0.15, 0.2) is 55.0 Å². The number of carbonyl (C=O) groups is 1. The van der Waals surface area contributed by atoms with E-state index in [9.17, 15) is 4.79 Å². The van der Waals surface area contributed by atoms with Crippen LogP contribution in [0, 0.1) is 0 Å². The van der Waals surface area contributed by atoms with Gasteiger partial charge in [-0.05, 0) is 37.3 Å². The summed E-state index contributed by atoms with van der Waals surface area (Å²) >= 11 is 0. The number of nitrogens with one attached hydrogen (secondary N) is 1. The third-order valence-electron chi connectivity index (χ3n) is 4.10. The van der Waals surface area contributed by atoms with E-state index < -0.39 is 0 Å². The van der Waals surface area contributed by atoms with E-state index in [-0.39, 0.29) is 5.91 Å². The van der Waals surface area contributed by atoms with Crippen molar-refractivity contribution in [2.45, 2.75) is 20.0 Å². The summed E-state index contributed by atoms with van der Waals surface area (Å²) < 4.78 is 3.47. The zero-order chi connectivity index (χ0) is 17.9. The van der Waals surface area contributed by atoms with E-state index >= 15 is 0 Å². The standard InChI is InChI=1S/C18H17N7O/c1-2-24-16-7-6-13(11-15(16)22-23-24)18(26)20-12-14-5-3-8-19-17(14)25-10-4-9-21-25/h3-11H,2,12H2,1H3,(H,20,26). The Morgan fingerprint density at radius 1 is 1.19 bits per heavy atom. The number of nitrogens with zero attached hydrogens (tertiary/aromatic N) is 6. The van der Waals surface area contributed by atoms with Crippen molar-refractivity contribution in [3.63, 3.8) is 0 Å². The molecule has 0 saturated carbocycles. The lowest BCUT2D eigenvalue weighted by Crippen LogP contribution is -2.23. The molecule has 0 bridgehead atoms. The number of pyridine rings is 1. The summed E-state index contributed by atoms with van der Waals surface area (Å²) in [5.41, 5.74) is 3.04. The van der Waals surface area contributed by atoms with E-state index in [1.165, 1.54) is 0 Å². The Morgan fingerprint density at radius 2 is 2.12 bits per heavy atom. The number of carbonyl (C=O) groups excluding carboxylic acids is 1. The zero-order valence-electron chi connectivity index (χ0n) is 14.2. The zero-order valence-corrected chi connectivity index (χ0v) is 14.2. The van der Waals surface area contributed by atoms with Gasteiger partial charge in [-0.15, -0.1) is 5.10 Å². The largest absolute Gasteiger partial charge is 0.348 e. The molecule has 8 nitrogen and oxygen atoms in total. The third-order valence-corrected chi connectivity index (χ3v) is 4.10. The van der Waals surface area contributed by atoms with Gasteiger partial charge in [-0.1, -0.05) is 11.3 Å². The number of hydrogen-bond acceptors (Lipinski definition) is 5. The molecule has 4 rings (SSSR count). The number of benzene rings is 1. The molecular weight excluding hydrogens is 330 g/mol. The van der Waals surface area contributed by atoms with E-state index in [1.807, 2.05) is 37.4 Å². The van der Waals surface area contributed by atoms with Crippen molar-refractivity contribution in [3.05, 3.63) is 66.1 Å². The van der Waals surface area contributed by atoms with Crippen molar-refractivity contribution < 1.29 is 4.79 Å². The number of aryl methyl sites for hydroxylation is 1. The van der Waals surface area contributed by atoms with Crippen LogP contribution in [0.3, 0.4) is 0 Å². The summed E-state index contributed by atoms with van der Waals surface area (Å²) in [6.45, 7) is 3.08. The molecule has 0 fully saturated rings. The summed E-state index contributed by atoms with van der Waals surface area (Å²) in [6, 6.07) is 11.0. The predicted octanol–water partition coefficient (Wildman–Crippen LogP) is 1.96. The van der Waals surface area contributed by atoms with Gasteiger partial charge < -0.3 is 5.32 Å². The molecule has 1 N–H and O–H groups in total. The Hall–Kier alpha value is -3.55. The van der Waals surface area contributed by atoms with Crippen molar-refractivity contribution in [2.75, 3.05) is 0 Å². The molecule has 3 heterocycles. The molecule has 1 amide bonds. The molecule has 1 aromatic carbocycles. The van der Waals surface area contributed by atoms with Gasteiger partial charge in [0.15, 0.2) is 5.82 Å². The van der Waals surface area contributed by atoms with Crippen LogP contribution < -0.4 is 5.32 Å². The number of aromatic nitrogens is 6. The molecule has 0 unspecified atom stereocenters. The van der Waals surface area contributed by atoms with Crippen LogP contribution in [0.2, 0.25) is 0 Å². The molecular formula is C18H17N7O. The SMILES string of the molecule is CCn1nnc2cc(C(=O)NCc3cccnc3-n3cccn3)ccc21. The molecule has 26 heavy (non-hydrogen) atoms. The number of fused-ring (bicyclic) bond motifs is 1. The fraction of sp³-hybridized carbons (Fsp3) is 0.167. The van der Waals surface area contributed by atoms with Crippen LogP contribution >= 0.6 is 0 Å². The van der Waals surface area contributed by atoms with Gasteiger partial charge in [-0.25, -0.2) is 14.3 Å². The predicted molar refractivity (Wildman–Crippen MR) is 95.7 cm³/mol. The minimum absolute atomic E-state index is 0.173. The summed E-state index contributed by atoms with van der Waals surface area (Å²) in [7, 11) is 0. The normalized spacial score (nSPS) is 11.0. The first-order valence-corrected chi connectivity index (χ1v) is 8.31. The highest BCUT2D eigenvalue weighted by atomic mass is 16.1. The molecule has 4 aromatic rings. The van der Waals surface area contributed by atoms with Gasteiger partial charge in [-0.3, -0.25) is 4.79 Å². The van der Waals surface area contributed by atoms with Crippen molar-refractivity contribution in [1.29, 1.82) is 0 Å². The smallest absolute Gasteiger partial charge is 0.251 e. The Bertz CT molecular complexity index is 1050. The first-order valence-electron chi connectivity index (χ1n) is 8.31. The quantitative estimate of drug-likeness (QED) is 0.596. The average Bonchev–Trinajstić information content (AvgIpc) is 3.35. The maximum Gasteiger partial charge on any atom is 0.251 e. The first kappa shape index (κ1) is 15.9. The Labute approximate surface area is 149 Å². The number of hydrogen-bond donors (Lipinski definition) is 1. The topological polar surface area (TPSA) is 90.5 Å². The van der Waals surface area contributed by atoms with Gasteiger partial charge in [0.2, 0.25) is 0 Å². The Balaban J connectivity index is 1.53. The maximum absolute atomic E-state index is 12.5. The molecule has 0 aliphatic rings. The molecule has 0 radical (unpaired) electrons. The fourth-order valence-corrected chi connectivity index (χ4v) is 2.79. The summed E-state index contributed by atoms with van der Waals surface area (Å²) in [6.07, 6.45) is 5.21. The molecule has 8 heteroatoms. The van der Waals surface area contributed by atoms with Crippen molar-refractivity contribution in [2.24, 2.45) is 0 Å². The summed E-state index contributed by atoms with van der Waals surface area (Å²) in [5, 5.41) is 15.3. The van der Waals surface area contributed by atoms with Crippen LogP contribution in [-0.2, 0) is 13.1 Å². The van der Waals surface area contributed by atoms with Gasteiger partial charge in [0.1, 0.15) is 5.52 Å². The third kappa shape index (κ3) is 2.92. The fourth-order valence-electron chi connectivity index (χ4n) is 2.79. The van der Waals surface area contributed by atoms with Gasteiger partial charge in [-0.2, -0.15) is 5.10 Å². The van der Waals surface area contributed by atoms with Gasteiger partial charge in [0.05, 0.1) is 5.52 Å². The molecule has 0 aliphatic heterocycles. The van der Waals surface area contributed by atoms with Crippen LogP contribution in [0.5, 0.6) is 0 Å². The van der Waals surface area contributed by atoms with Crippen molar-refractivity contribution in [1.82, 2.24) is 35.1 Å². The van der Waals surface area contributed by atoms with Crippen LogP contribution in [0.4, 0.5) is 0 Å². The second-order valence-corrected chi connectivity index (χ2v) is 5.73. The maximum atomic E-state index is 12.5. The number of amides is 1. The van der Waals surface area contributed by atoms with E-state index in [2.05, 4.69) is 25.7 Å². The highest BCUT2D eigenvalue weighted by Gasteiger charge is 2.11. The van der Waals surface area contributed by atoms with Crippen LogP contribution in [-0.4, -0.2) is 35.7 Å². The minimum atomic E-state index is -0.173. The lowest BCUT2D eigenvalue weighted by molar-refractivity contribution is 0.0951. The highest BCUT2D eigenvalue weighted by molar-refractivity contribution is 5.97. The second-order valence-electron chi connectivity index (χ2n) is 5.73. The van der Waals surface area contributed by atoms with Crippen LogP contribution in [0.1, 0.15) is 22.8 Å². The minimum Gasteiger partial charge on any atom is -0.348 e. The lowest BCUT2D eigenvalue weighted by Gasteiger charge is -2.10. The Kier molecular flexibility index (Phi) is 4.14. The molecule has 0 saturated heterocycles. The Morgan fingerprint density at radius 3 is 2.92 bits per heavy atom.